The molecule has 0 spiro atoms. The van der Waals surface area contributed by atoms with Crippen LogP contribution in [0.2, 0.25) is 0 Å². The molecule has 1 atom stereocenters. The Balaban J connectivity index is 2.00. The van der Waals surface area contributed by atoms with Crippen LogP contribution in [0.25, 0.3) is 5.76 Å². The average Bonchev–Trinajstić information content (AvgIpc) is 3.04. The molecule has 18 heavy (non-hydrogen) atoms. The zero-order valence-electron chi connectivity index (χ0n) is 9.16. The fraction of sp³-hybridized carbons (Fsp3) is 0.0769. The van der Waals surface area contributed by atoms with Crippen LogP contribution in [0.4, 0.5) is 0 Å². The van der Waals surface area contributed by atoms with Gasteiger partial charge in [-0.3, -0.25) is 0 Å². The van der Waals surface area contributed by atoms with Gasteiger partial charge in [0.2, 0.25) is 0 Å². The summed E-state index contributed by atoms with van der Waals surface area (Å²) >= 11 is 7.10. The molecule has 1 aliphatic heterocycles. The van der Waals surface area contributed by atoms with Crippen LogP contribution >= 0.6 is 0 Å². The number of ether oxygens (including phenoxy) is 1. The molecule has 2 aromatic heterocycles. The van der Waals surface area contributed by atoms with Crippen LogP contribution in [-0.4, -0.2) is 61.0 Å². The summed E-state index contributed by atoms with van der Waals surface area (Å²) in [5.74, 6) is 1.00. The molecule has 5 heteroatoms. The van der Waals surface area contributed by atoms with Gasteiger partial charge in [0.05, 0.1) is 0 Å². The molecule has 0 aliphatic carbocycles. The predicted molar refractivity (Wildman–Crippen MR) is 77.1 cm³/mol. The van der Waals surface area contributed by atoms with Gasteiger partial charge in [-0.25, -0.2) is 0 Å². The summed E-state index contributed by atoms with van der Waals surface area (Å²) in [5, 5.41) is 0. The van der Waals surface area contributed by atoms with Crippen LogP contribution in [0.5, 0.6) is 0 Å². The van der Waals surface area contributed by atoms with Crippen LogP contribution in [0, 0.1) is 0 Å². The number of allylic oxidation sites excluding steroid dienone is 2. The second kappa shape index (κ2) is 5.36. The maximum absolute atomic E-state index is 6.27. The minimum absolute atomic E-state index is 0.392. The van der Waals surface area contributed by atoms with Crippen molar-refractivity contribution in [3.05, 3.63) is 59.6 Å². The Hall–Kier alpha value is 0.318. The van der Waals surface area contributed by atoms with Gasteiger partial charge in [0, 0.05) is 0 Å². The SMILES string of the molecule is [Se]C1=C(c2ccc[se]2)OC([Se])(c2ccc[se]2)C=C1. The molecule has 0 aromatic carbocycles. The van der Waals surface area contributed by atoms with E-state index in [1.54, 1.807) is 0 Å². The van der Waals surface area contributed by atoms with E-state index in [0.29, 0.717) is 29.0 Å². The van der Waals surface area contributed by atoms with Crippen LogP contribution < -0.4 is 0 Å². The zero-order valence-corrected chi connectivity index (χ0v) is 16.0. The normalized spacial score (nSPS) is 23.2. The van der Waals surface area contributed by atoms with E-state index in [2.05, 4.69) is 78.3 Å². The molecule has 0 saturated carbocycles. The molecule has 1 nitrogen and oxygen atoms in total. The molecule has 1 unspecified atom stereocenters. The number of hydrogen-bond acceptors (Lipinski definition) is 1. The standard InChI is InChI=1S/C13H8OSe4/c15-9-5-6-13(16,11-4-2-8-18-11)14-12(9)10-3-1-7-17-10/h1-8H. The molecule has 3 rings (SSSR count). The van der Waals surface area contributed by atoms with Crippen molar-refractivity contribution in [3.63, 3.8) is 0 Å². The average molecular weight is 496 g/mol. The van der Waals surface area contributed by atoms with Crippen molar-refractivity contribution >= 4 is 66.8 Å². The van der Waals surface area contributed by atoms with Gasteiger partial charge in [0.1, 0.15) is 0 Å². The van der Waals surface area contributed by atoms with Gasteiger partial charge in [0.15, 0.2) is 0 Å². The Kier molecular flexibility index (Phi) is 3.97. The first kappa shape index (κ1) is 13.3. The van der Waals surface area contributed by atoms with Crippen molar-refractivity contribution in [2.24, 2.45) is 0 Å². The second-order valence-corrected chi connectivity index (χ2v) is 9.92. The van der Waals surface area contributed by atoms with Gasteiger partial charge in [0.25, 0.3) is 0 Å². The Labute approximate surface area is 134 Å². The van der Waals surface area contributed by atoms with Crippen molar-refractivity contribution in [1.29, 1.82) is 0 Å². The quantitative estimate of drug-likeness (QED) is 0.570. The molecule has 1 aliphatic rings. The van der Waals surface area contributed by atoms with E-state index in [4.69, 9.17) is 4.74 Å². The first-order valence-electron chi connectivity index (χ1n) is 5.27. The number of rotatable bonds is 2. The van der Waals surface area contributed by atoms with Crippen LogP contribution in [0.1, 0.15) is 8.87 Å². The van der Waals surface area contributed by atoms with E-state index in [9.17, 15) is 0 Å². The summed E-state index contributed by atoms with van der Waals surface area (Å²) in [7, 11) is 0. The van der Waals surface area contributed by atoms with E-state index in [0.717, 1.165) is 10.2 Å². The minimum atomic E-state index is -0.397. The Bertz CT molecular complexity index is 595. The van der Waals surface area contributed by atoms with Crippen LogP contribution in [0.3, 0.4) is 0 Å². The first-order chi connectivity index (χ1) is 8.69. The summed E-state index contributed by atoms with van der Waals surface area (Å²) in [6.07, 6.45) is 4.23. The predicted octanol–water partition coefficient (Wildman–Crippen LogP) is 1.25. The Morgan fingerprint density at radius 1 is 1.11 bits per heavy atom. The third kappa shape index (κ3) is 2.48. The third-order valence-corrected chi connectivity index (χ3v) is 8.68. The topological polar surface area (TPSA) is 9.23 Å². The van der Waals surface area contributed by atoms with Gasteiger partial charge in [-0.05, 0) is 0 Å². The molecular weight excluding hydrogens is 488 g/mol. The second-order valence-electron chi connectivity index (χ2n) is 3.75. The summed E-state index contributed by atoms with van der Waals surface area (Å²) in [4.78, 5) is 4.43. The Morgan fingerprint density at radius 2 is 1.89 bits per heavy atom. The van der Waals surface area contributed by atoms with Crippen molar-refractivity contribution in [3.8, 4) is 0 Å². The maximum atomic E-state index is 6.27. The summed E-state index contributed by atoms with van der Waals surface area (Å²) in [6.45, 7) is 0. The fourth-order valence-electron chi connectivity index (χ4n) is 1.69. The van der Waals surface area contributed by atoms with Gasteiger partial charge in [-0.1, -0.05) is 0 Å². The van der Waals surface area contributed by atoms with Crippen molar-refractivity contribution in [2.45, 2.75) is 4.50 Å². The van der Waals surface area contributed by atoms with E-state index in [1.165, 1.54) is 8.87 Å². The van der Waals surface area contributed by atoms with E-state index >= 15 is 0 Å². The van der Waals surface area contributed by atoms with Crippen molar-refractivity contribution in [1.82, 2.24) is 0 Å². The molecule has 3 heterocycles. The molecule has 2 radical (unpaired) electrons. The van der Waals surface area contributed by atoms with Crippen LogP contribution in [0.15, 0.2) is 50.8 Å². The summed E-state index contributed by atoms with van der Waals surface area (Å²) in [6, 6.07) is 8.54. The Morgan fingerprint density at radius 3 is 2.56 bits per heavy atom. The van der Waals surface area contributed by atoms with E-state index < -0.39 is 4.50 Å². The monoisotopic (exact) mass is 500 g/mol. The summed E-state index contributed by atoms with van der Waals surface area (Å²) in [5.41, 5.74) is 0. The third-order valence-electron chi connectivity index (χ3n) is 2.54. The molecular formula is C13H8OSe4. The van der Waals surface area contributed by atoms with Crippen LogP contribution in [-0.2, 0) is 9.24 Å². The molecule has 0 saturated heterocycles. The fourth-order valence-corrected chi connectivity index (χ4v) is 6.51. The van der Waals surface area contributed by atoms with Gasteiger partial charge in [-0.2, -0.15) is 0 Å². The molecule has 90 valence electrons. The van der Waals surface area contributed by atoms with Gasteiger partial charge in [-0.15, -0.1) is 0 Å². The molecule has 0 bridgehead atoms. The molecule has 0 N–H and O–H groups in total. The first-order valence-corrected chi connectivity index (χ1v) is 10.7. The molecule has 2 aromatic rings. The molecule has 0 amide bonds. The van der Waals surface area contributed by atoms with Crippen molar-refractivity contribution < 1.29 is 4.74 Å². The molecule has 0 fully saturated rings. The van der Waals surface area contributed by atoms with Crippen molar-refractivity contribution in [2.75, 3.05) is 0 Å². The summed E-state index contributed by atoms with van der Waals surface area (Å²) < 4.78 is 9.61. The van der Waals surface area contributed by atoms with E-state index in [-0.39, 0.29) is 0 Å². The van der Waals surface area contributed by atoms with Gasteiger partial charge >= 0.3 is 136 Å². The zero-order chi connectivity index (χ0) is 12.6. The number of hydrogen-bond donors (Lipinski definition) is 0. The van der Waals surface area contributed by atoms with Gasteiger partial charge < -0.3 is 0 Å². The van der Waals surface area contributed by atoms with E-state index in [1.807, 2.05) is 0 Å².